The third-order valence-electron chi connectivity index (χ3n) is 3.08. The van der Waals surface area contributed by atoms with Crippen molar-refractivity contribution in [2.45, 2.75) is 0 Å². The van der Waals surface area contributed by atoms with E-state index in [9.17, 15) is 5.21 Å². The van der Waals surface area contributed by atoms with Gasteiger partial charge in [-0.05, 0) is 6.07 Å². The first-order valence-electron chi connectivity index (χ1n) is 6.03. The summed E-state index contributed by atoms with van der Waals surface area (Å²) in [6, 6.07) is 17.2. The molecule has 3 rings (SSSR count). The third-order valence-corrected chi connectivity index (χ3v) is 3.08. The minimum atomic E-state index is 0.0679. The zero-order valence-electron chi connectivity index (χ0n) is 10.2. The molecule has 0 spiro atoms. The number of fused-ring (bicyclic) bond motifs is 1. The van der Waals surface area contributed by atoms with E-state index in [0.717, 1.165) is 21.9 Å². The normalized spacial score (nSPS) is 14.7. The molecule has 0 fully saturated rings. The lowest BCUT2D eigenvalue weighted by Gasteiger charge is -2.17. The number of hydroxylamine groups is 1. The number of para-hydroxylation sites is 1. The number of benzodiazepines with no additional fused rings is 1. The van der Waals surface area contributed by atoms with Crippen LogP contribution in [-0.2, 0) is 0 Å². The Morgan fingerprint density at radius 2 is 1.68 bits per heavy atom. The molecule has 0 aliphatic carbocycles. The number of amidine groups is 1. The van der Waals surface area contributed by atoms with E-state index in [2.05, 4.69) is 4.99 Å². The standard InChI is InChI=1S/C15H13N3O/c16-14-10-17-15(11-6-2-1-3-7-11)12-8-4-5-9-13(12)18(14)19/h1-9,16,19H,10H2. The lowest BCUT2D eigenvalue weighted by molar-refractivity contribution is 0.310. The van der Waals surface area contributed by atoms with Crippen molar-refractivity contribution >= 4 is 17.2 Å². The Morgan fingerprint density at radius 3 is 2.47 bits per heavy atom. The molecule has 0 bridgehead atoms. The van der Waals surface area contributed by atoms with E-state index in [1.54, 1.807) is 6.07 Å². The molecule has 0 aromatic heterocycles. The van der Waals surface area contributed by atoms with Crippen molar-refractivity contribution in [2.24, 2.45) is 4.99 Å². The Kier molecular flexibility index (Phi) is 2.85. The summed E-state index contributed by atoms with van der Waals surface area (Å²) < 4.78 is 0. The topological polar surface area (TPSA) is 59.7 Å². The van der Waals surface area contributed by atoms with Crippen LogP contribution >= 0.6 is 0 Å². The lowest BCUT2D eigenvalue weighted by Crippen LogP contribution is -2.27. The molecule has 1 heterocycles. The van der Waals surface area contributed by atoms with Crippen LogP contribution in [0.25, 0.3) is 0 Å². The van der Waals surface area contributed by atoms with Gasteiger partial charge in [0.25, 0.3) is 0 Å². The number of anilines is 1. The van der Waals surface area contributed by atoms with E-state index < -0.39 is 0 Å². The van der Waals surface area contributed by atoms with Gasteiger partial charge >= 0.3 is 0 Å². The van der Waals surface area contributed by atoms with Crippen LogP contribution in [0.15, 0.2) is 59.6 Å². The average Bonchev–Trinajstić information content (AvgIpc) is 2.59. The van der Waals surface area contributed by atoms with Gasteiger partial charge in [0.1, 0.15) is 5.84 Å². The number of nitrogens with zero attached hydrogens (tertiary/aromatic N) is 2. The Labute approximate surface area is 111 Å². The van der Waals surface area contributed by atoms with E-state index in [1.807, 2.05) is 48.5 Å². The first-order chi connectivity index (χ1) is 9.27. The molecule has 2 aromatic carbocycles. The molecule has 94 valence electrons. The summed E-state index contributed by atoms with van der Waals surface area (Å²) in [5.74, 6) is 0.0679. The molecule has 4 nitrogen and oxygen atoms in total. The van der Waals surface area contributed by atoms with Crippen molar-refractivity contribution in [1.82, 2.24) is 0 Å². The summed E-state index contributed by atoms with van der Waals surface area (Å²) in [4.78, 5) is 4.46. The van der Waals surface area contributed by atoms with Gasteiger partial charge in [0.2, 0.25) is 0 Å². The molecule has 0 unspecified atom stereocenters. The molecule has 19 heavy (non-hydrogen) atoms. The molecular formula is C15H13N3O. The van der Waals surface area contributed by atoms with Gasteiger partial charge in [-0.2, -0.15) is 0 Å². The number of hydrogen-bond donors (Lipinski definition) is 2. The van der Waals surface area contributed by atoms with Crippen molar-refractivity contribution in [3.05, 3.63) is 65.7 Å². The third kappa shape index (κ3) is 2.02. The minimum Gasteiger partial charge on any atom is -0.285 e. The molecular weight excluding hydrogens is 238 g/mol. The van der Waals surface area contributed by atoms with Crippen LogP contribution in [0, 0.1) is 5.41 Å². The summed E-state index contributed by atoms with van der Waals surface area (Å²) in [7, 11) is 0. The number of rotatable bonds is 1. The van der Waals surface area contributed by atoms with Crippen LogP contribution in [0.1, 0.15) is 11.1 Å². The van der Waals surface area contributed by atoms with Gasteiger partial charge in [0.15, 0.2) is 0 Å². The van der Waals surface area contributed by atoms with Gasteiger partial charge in [-0.1, -0.05) is 48.5 Å². The zero-order chi connectivity index (χ0) is 13.2. The molecule has 4 heteroatoms. The highest BCUT2D eigenvalue weighted by Gasteiger charge is 2.21. The fourth-order valence-electron chi connectivity index (χ4n) is 2.15. The SMILES string of the molecule is N=C1CN=C(c2ccccc2)c2ccccc2N1O. The van der Waals surface area contributed by atoms with E-state index >= 15 is 0 Å². The Bertz CT molecular complexity index is 649. The fourth-order valence-corrected chi connectivity index (χ4v) is 2.15. The Balaban J connectivity index is 2.20. The molecule has 0 saturated heterocycles. The van der Waals surface area contributed by atoms with Gasteiger partial charge in [-0.25, -0.2) is 5.06 Å². The maximum absolute atomic E-state index is 10.0. The second-order valence-electron chi connectivity index (χ2n) is 4.31. The predicted molar refractivity (Wildman–Crippen MR) is 75.4 cm³/mol. The summed E-state index contributed by atoms with van der Waals surface area (Å²) in [6.45, 7) is 0.162. The van der Waals surface area contributed by atoms with Crippen LogP contribution in [0.3, 0.4) is 0 Å². The van der Waals surface area contributed by atoms with Crippen molar-refractivity contribution < 1.29 is 5.21 Å². The minimum absolute atomic E-state index is 0.0679. The highest BCUT2D eigenvalue weighted by molar-refractivity contribution is 6.19. The van der Waals surface area contributed by atoms with Crippen LogP contribution in [-0.4, -0.2) is 23.3 Å². The molecule has 0 radical (unpaired) electrons. The highest BCUT2D eigenvalue weighted by Crippen LogP contribution is 2.25. The van der Waals surface area contributed by atoms with Crippen LogP contribution in [0.5, 0.6) is 0 Å². The zero-order valence-corrected chi connectivity index (χ0v) is 10.2. The number of hydrogen-bond acceptors (Lipinski definition) is 3. The summed E-state index contributed by atoms with van der Waals surface area (Å²) in [6.07, 6.45) is 0. The van der Waals surface area contributed by atoms with E-state index in [4.69, 9.17) is 5.41 Å². The van der Waals surface area contributed by atoms with Gasteiger partial charge in [0.05, 0.1) is 17.9 Å². The second-order valence-corrected chi connectivity index (χ2v) is 4.31. The maximum atomic E-state index is 10.0. The van der Waals surface area contributed by atoms with Crippen LogP contribution < -0.4 is 5.06 Å². The average molecular weight is 251 g/mol. The van der Waals surface area contributed by atoms with Crippen LogP contribution in [0.4, 0.5) is 5.69 Å². The molecule has 0 saturated carbocycles. The molecule has 0 atom stereocenters. The molecule has 1 aliphatic rings. The lowest BCUT2D eigenvalue weighted by atomic mass is 10.0. The fraction of sp³-hybridized carbons (Fsp3) is 0.0667. The summed E-state index contributed by atoms with van der Waals surface area (Å²) >= 11 is 0. The number of nitrogens with one attached hydrogen (secondary N) is 1. The first-order valence-corrected chi connectivity index (χ1v) is 6.03. The predicted octanol–water partition coefficient (Wildman–Crippen LogP) is 2.71. The van der Waals surface area contributed by atoms with Crippen molar-refractivity contribution in [2.75, 3.05) is 11.6 Å². The molecule has 2 aromatic rings. The first kappa shape index (κ1) is 11.6. The number of benzene rings is 2. The number of aliphatic imine (C=N–C) groups is 1. The molecule has 0 amide bonds. The second kappa shape index (κ2) is 4.66. The van der Waals surface area contributed by atoms with Crippen LogP contribution in [0.2, 0.25) is 0 Å². The highest BCUT2D eigenvalue weighted by atomic mass is 16.5. The Morgan fingerprint density at radius 1 is 1.00 bits per heavy atom. The maximum Gasteiger partial charge on any atom is 0.148 e. The summed E-state index contributed by atoms with van der Waals surface area (Å²) in [5, 5.41) is 18.7. The van der Waals surface area contributed by atoms with Crippen molar-refractivity contribution in [1.29, 1.82) is 5.41 Å². The monoisotopic (exact) mass is 251 g/mol. The van der Waals surface area contributed by atoms with Crippen molar-refractivity contribution in [3.8, 4) is 0 Å². The Hall–Kier alpha value is -2.46. The largest absolute Gasteiger partial charge is 0.285 e. The van der Waals surface area contributed by atoms with Gasteiger partial charge in [0, 0.05) is 11.1 Å². The van der Waals surface area contributed by atoms with E-state index in [1.165, 1.54) is 0 Å². The molecule has 2 N–H and O–H groups in total. The quantitative estimate of drug-likeness (QED) is 0.818. The van der Waals surface area contributed by atoms with Gasteiger partial charge in [-0.15, -0.1) is 0 Å². The van der Waals surface area contributed by atoms with Gasteiger partial charge < -0.3 is 0 Å². The summed E-state index contributed by atoms with van der Waals surface area (Å²) in [5.41, 5.74) is 3.21. The van der Waals surface area contributed by atoms with E-state index in [0.29, 0.717) is 5.69 Å². The molecule has 1 aliphatic heterocycles. The van der Waals surface area contributed by atoms with Crippen molar-refractivity contribution in [3.63, 3.8) is 0 Å². The smallest absolute Gasteiger partial charge is 0.148 e. The van der Waals surface area contributed by atoms with Gasteiger partial charge in [-0.3, -0.25) is 15.6 Å². The van der Waals surface area contributed by atoms with E-state index in [-0.39, 0.29) is 12.4 Å².